The maximum absolute atomic E-state index is 13.0. The minimum Gasteiger partial charge on any atom is -0.478 e. The topological polar surface area (TPSA) is 51.2 Å². The van der Waals surface area contributed by atoms with Crippen molar-refractivity contribution in [2.24, 2.45) is 0 Å². The average molecular weight is 346 g/mol. The van der Waals surface area contributed by atoms with Gasteiger partial charge >= 0.3 is 0 Å². The molecule has 1 N–H and O–H groups in total. The molecule has 4 nitrogen and oxygen atoms in total. The van der Waals surface area contributed by atoms with Crippen molar-refractivity contribution in [3.63, 3.8) is 0 Å². The maximum Gasteiger partial charge on any atom is 0.232 e. The molecule has 132 valence electrons. The second kappa shape index (κ2) is 8.81. The van der Waals surface area contributed by atoms with Crippen LogP contribution in [-0.2, 0) is 11.3 Å². The van der Waals surface area contributed by atoms with Crippen molar-refractivity contribution in [1.82, 2.24) is 10.3 Å². The third kappa shape index (κ3) is 4.28. The van der Waals surface area contributed by atoms with Gasteiger partial charge in [-0.3, -0.25) is 4.79 Å². The van der Waals surface area contributed by atoms with Crippen LogP contribution < -0.4 is 10.1 Å². The van der Waals surface area contributed by atoms with Crippen LogP contribution in [0.3, 0.4) is 0 Å². The first-order chi connectivity index (χ1) is 12.8. The summed E-state index contributed by atoms with van der Waals surface area (Å²) in [6.07, 6.45) is 1.69. The Hall–Kier alpha value is -3.14. The fourth-order valence-corrected chi connectivity index (χ4v) is 2.90. The average Bonchev–Trinajstić information content (AvgIpc) is 2.69. The molecule has 0 radical (unpaired) electrons. The molecule has 1 aromatic heterocycles. The number of aromatic nitrogens is 1. The minimum absolute atomic E-state index is 0.0475. The highest BCUT2D eigenvalue weighted by Crippen LogP contribution is 2.25. The third-order valence-corrected chi connectivity index (χ3v) is 4.11. The van der Waals surface area contributed by atoms with Crippen molar-refractivity contribution in [2.75, 3.05) is 6.61 Å². The Labute approximate surface area is 153 Å². The molecule has 4 heteroatoms. The van der Waals surface area contributed by atoms with Crippen LogP contribution in [0, 0.1) is 0 Å². The second-order valence-corrected chi connectivity index (χ2v) is 5.87. The van der Waals surface area contributed by atoms with Crippen molar-refractivity contribution in [3.05, 3.63) is 95.7 Å². The molecule has 0 fully saturated rings. The van der Waals surface area contributed by atoms with Gasteiger partial charge in [-0.2, -0.15) is 0 Å². The number of pyridine rings is 1. The van der Waals surface area contributed by atoms with E-state index in [0.717, 1.165) is 16.7 Å². The zero-order chi connectivity index (χ0) is 18.2. The fraction of sp³-hybridized carbons (Fsp3) is 0.182. The van der Waals surface area contributed by atoms with E-state index in [4.69, 9.17) is 4.74 Å². The summed E-state index contributed by atoms with van der Waals surface area (Å²) in [4.78, 5) is 17.2. The predicted molar refractivity (Wildman–Crippen MR) is 102 cm³/mol. The summed E-state index contributed by atoms with van der Waals surface area (Å²) < 4.78 is 5.54. The van der Waals surface area contributed by atoms with Crippen molar-refractivity contribution >= 4 is 5.91 Å². The lowest BCUT2D eigenvalue weighted by Gasteiger charge is -2.18. The number of benzene rings is 2. The first kappa shape index (κ1) is 17.7. The summed E-state index contributed by atoms with van der Waals surface area (Å²) in [5.74, 6) is 0.157. The van der Waals surface area contributed by atoms with Gasteiger partial charge in [-0.15, -0.1) is 0 Å². The van der Waals surface area contributed by atoms with Crippen LogP contribution in [0.5, 0.6) is 5.88 Å². The highest BCUT2D eigenvalue weighted by Gasteiger charge is 2.22. The fourth-order valence-electron chi connectivity index (χ4n) is 2.90. The molecule has 0 unspecified atom stereocenters. The van der Waals surface area contributed by atoms with E-state index in [1.165, 1.54) is 0 Å². The van der Waals surface area contributed by atoms with E-state index in [1.54, 1.807) is 6.20 Å². The van der Waals surface area contributed by atoms with E-state index in [0.29, 0.717) is 19.0 Å². The predicted octanol–water partition coefficient (Wildman–Crippen LogP) is 3.93. The normalized spacial score (nSPS) is 10.5. The number of ether oxygens (including phenoxy) is 1. The number of nitrogens with one attached hydrogen (secondary N) is 1. The quantitative estimate of drug-likeness (QED) is 0.705. The van der Waals surface area contributed by atoms with Crippen LogP contribution in [0.25, 0.3) is 0 Å². The summed E-state index contributed by atoms with van der Waals surface area (Å²) in [6, 6.07) is 23.4. The Balaban J connectivity index is 1.81. The molecule has 0 saturated carbocycles. The molecule has 0 saturated heterocycles. The molecule has 26 heavy (non-hydrogen) atoms. The standard InChI is InChI=1S/C22H22N2O2/c1-2-26-22-19(14-9-15-23-22)16-24-21(25)20(17-10-5-3-6-11-17)18-12-7-4-8-13-18/h3-15,20H,2,16H2,1H3,(H,24,25). The van der Waals surface area contributed by atoms with Crippen LogP contribution in [-0.4, -0.2) is 17.5 Å². The Morgan fingerprint density at radius 1 is 0.962 bits per heavy atom. The molecule has 3 aromatic rings. The molecule has 1 amide bonds. The molecule has 0 aliphatic rings. The zero-order valence-corrected chi connectivity index (χ0v) is 14.8. The van der Waals surface area contributed by atoms with Gasteiger partial charge in [0.25, 0.3) is 0 Å². The minimum atomic E-state index is -0.357. The largest absolute Gasteiger partial charge is 0.478 e. The summed E-state index contributed by atoms with van der Waals surface area (Å²) in [5.41, 5.74) is 2.79. The number of hydrogen-bond donors (Lipinski definition) is 1. The molecule has 0 spiro atoms. The molecule has 2 aromatic carbocycles. The van der Waals surface area contributed by atoms with Crippen LogP contribution >= 0.6 is 0 Å². The molecule has 0 aliphatic heterocycles. The van der Waals surface area contributed by atoms with Crippen LogP contribution in [0.4, 0.5) is 0 Å². The van der Waals surface area contributed by atoms with Gasteiger partial charge in [-0.05, 0) is 24.1 Å². The molecular weight excluding hydrogens is 324 g/mol. The summed E-state index contributed by atoms with van der Waals surface area (Å²) in [6.45, 7) is 2.82. The molecule has 3 rings (SSSR count). The number of rotatable bonds is 7. The second-order valence-electron chi connectivity index (χ2n) is 5.87. The number of nitrogens with zero attached hydrogens (tertiary/aromatic N) is 1. The van der Waals surface area contributed by atoms with E-state index >= 15 is 0 Å². The zero-order valence-electron chi connectivity index (χ0n) is 14.8. The van der Waals surface area contributed by atoms with Crippen molar-refractivity contribution in [1.29, 1.82) is 0 Å². The van der Waals surface area contributed by atoms with Crippen molar-refractivity contribution in [2.45, 2.75) is 19.4 Å². The van der Waals surface area contributed by atoms with E-state index < -0.39 is 0 Å². The highest BCUT2D eigenvalue weighted by atomic mass is 16.5. The van der Waals surface area contributed by atoms with Crippen molar-refractivity contribution < 1.29 is 9.53 Å². The Kier molecular flexibility index (Phi) is 5.99. The Morgan fingerprint density at radius 3 is 2.15 bits per heavy atom. The smallest absolute Gasteiger partial charge is 0.232 e. The van der Waals surface area contributed by atoms with Gasteiger partial charge in [0.05, 0.1) is 12.5 Å². The summed E-state index contributed by atoms with van der Waals surface area (Å²) in [7, 11) is 0. The SMILES string of the molecule is CCOc1ncccc1CNC(=O)C(c1ccccc1)c1ccccc1. The van der Waals surface area contributed by atoms with Gasteiger partial charge in [-0.1, -0.05) is 66.7 Å². The highest BCUT2D eigenvalue weighted by molar-refractivity contribution is 5.87. The molecular formula is C22H22N2O2. The van der Waals surface area contributed by atoms with Gasteiger partial charge in [0.1, 0.15) is 0 Å². The van der Waals surface area contributed by atoms with Crippen molar-refractivity contribution in [3.8, 4) is 5.88 Å². The Bertz CT molecular complexity index is 796. The van der Waals surface area contributed by atoms with Gasteiger partial charge in [-0.25, -0.2) is 4.98 Å². The Morgan fingerprint density at radius 2 is 1.58 bits per heavy atom. The number of hydrogen-bond acceptors (Lipinski definition) is 3. The van der Waals surface area contributed by atoms with Gasteiger partial charge in [0, 0.05) is 18.3 Å². The molecule has 0 atom stereocenters. The molecule has 1 heterocycles. The number of carbonyl (C=O) groups is 1. The molecule has 0 aliphatic carbocycles. The first-order valence-electron chi connectivity index (χ1n) is 8.74. The van der Waals surface area contributed by atoms with E-state index in [-0.39, 0.29) is 11.8 Å². The van der Waals surface area contributed by atoms with Crippen LogP contribution in [0.1, 0.15) is 29.5 Å². The van der Waals surface area contributed by atoms with Gasteiger partial charge in [0.2, 0.25) is 11.8 Å². The number of amides is 1. The summed E-state index contributed by atoms with van der Waals surface area (Å²) >= 11 is 0. The van der Waals surface area contributed by atoms with E-state index in [2.05, 4.69) is 10.3 Å². The van der Waals surface area contributed by atoms with Gasteiger partial charge < -0.3 is 10.1 Å². The third-order valence-electron chi connectivity index (χ3n) is 4.11. The lowest BCUT2D eigenvalue weighted by molar-refractivity contribution is -0.121. The summed E-state index contributed by atoms with van der Waals surface area (Å²) in [5, 5.41) is 3.04. The van der Waals surface area contributed by atoms with Gasteiger partial charge in [0.15, 0.2) is 0 Å². The van der Waals surface area contributed by atoms with Crippen LogP contribution in [0.2, 0.25) is 0 Å². The van der Waals surface area contributed by atoms with E-state index in [9.17, 15) is 4.79 Å². The van der Waals surface area contributed by atoms with Crippen LogP contribution in [0.15, 0.2) is 79.0 Å². The first-order valence-corrected chi connectivity index (χ1v) is 8.74. The maximum atomic E-state index is 13.0. The monoisotopic (exact) mass is 346 g/mol. The molecule has 0 bridgehead atoms. The number of carbonyl (C=O) groups excluding carboxylic acids is 1. The lowest BCUT2D eigenvalue weighted by atomic mass is 9.90. The van der Waals surface area contributed by atoms with E-state index in [1.807, 2.05) is 79.7 Å². The lowest BCUT2D eigenvalue weighted by Crippen LogP contribution is -2.29.